The second kappa shape index (κ2) is 9.90. The summed E-state index contributed by atoms with van der Waals surface area (Å²) >= 11 is 1.37. The summed E-state index contributed by atoms with van der Waals surface area (Å²) < 4.78 is 32.8. The van der Waals surface area contributed by atoms with E-state index in [-0.39, 0.29) is 10.6 Å². The summed E-state index contributed by atoms with van der Waals surface area (Å²) in [5.41, 5.74) is 5.04. The number of phenolic OH excluding ortho intramolecular Hbond substituents is 1. The molecule has 2 heterocycles. The molecule has 4 rings (SSSR count). The number of sulfonamides is 1. The SMILES string of the molecule is COc1cc(/C=N/Nc2nc(-c3cccc(S(=O)(=O)N4CCC(C)CC4)c3)cs2)ccc1O. The first-order valence-corrected chi connectivity index (χ1v) is 12.9. The van der Waals surface area contributed by atoms with Gasteiger partial charge in [0.25, 0.3) is 0 Å². The van der Waals surface area contributed by atoms with Crippen LogP contribution >= 0.6 is 11.3 Å². The summed E-state index contributed by atoms with van der Waals surface area (Å²) in [5, 5.41) is 16.3. The molecule has 10 heteroatoms. The van der Waals surface area contributed by atoms with E-state index in [1.165, 1.54) is 24.5 Å². The van der Waals surface area contributed by atoms with Crippen LogP contribution < -0.4 is 10.2 Å². The van der Waals surface area contributed by atoms with Crippen molar-refractivity contribution in [3.05, 3.63) is 53.4 Å². The molecule has 174 valence electrons. The van der Waals surface area contributed by atoms with Gasteiger partial charge in [0, 0.05) is 24.0 Å². The van der Waals surface area contributed by atoms with Crippen molar-refractivity contribution < 1.29 is 18.3 Å². The Labute approximate surface area is 197 Å². The van der Waals surface area contributed by atoms with Crippen LogP contribution in [0, 0.1) is 5.92 Å². The molecule has 0 unspecified atom stereocenters. The molecular weight excluding hydrogens is 460 g/mol. The highest BCUT2D eigenvalue weighted by molar-refractivity contribution is 7.89. The first-order chi connectivity index (χ1) is 15.9. The van der Waals surface area contributed by atoms with Crippen molar-refractivity contribution in [2.45, 2.75) is 24.7 Å². The van der Waals surface area contributed by atoms with Crippen LogP contribution in [0.4, 0.5) is 5.13 Å². The summed E-state index contributed by atoms with van der Waals surface area (Å²) in [6.07, 6.45) is 3.37. The van der Waals surface area contributed by atoms with Crippen molar-refractivity contribution in [1.82, 2.24) is 9.29 Å². The first-order valence-electron chi connectivity index (χ1n) is 10.6. The lowest BCUT2D eigenvalue weighted by molar-refractivity contribution is 0.288. The van der Waals surface area contributed by atoms with E-state index in [2.05, 4.69) is 22.4 Å². The molecule has 0 aliphatic carbocycles. The number of rotatable bonds is 7. The second-order valence-electron chi connectivity index (χ2n) is 7.95. The minimum Gasteiger partial charge on any atom is -0.504 e. The van der Waals surface area contributed by atoms with Gasteiger partial charge >= 0.3 is 0 Å². The van der Waals surface area contributed by atoms with Gasteiger partial charge in [0.1, 0.15) is 0 Å². The maximum atomic E-state index is 13.1. The van der Waals surface area contributed by atoms with Crippen molar-refractivity contribution in [2.24, 2.45) is 11.0 Å². The lowest BCUT2D eigenvalue weighted by atomic mass is 10.0. The quantitative estimate of drug-likeness (QED) is 0.379. The van der Waals surface area contributed by atoms with E-state index < -0.39 is 10.0 Å². The van der Waals surface area contributed by atoms with Crippen molar-refractivity contribution in [3.8, 4) is 22.8 Å². The molecule has 1 fully saturated rings. The number of ether oxygens (including phenoxy) is 1. The van der Waals surface area contributed by atoms with Gasteiger partial charge in [-0.05, 0) is 54.7 Å². The molecular formula is C23H26N4O4S2. The smallest absolute Gasteiger partial charge is 0.243 e. The van der Waals surface area contributed by atoms with Crippen LogP contribution in [0.2, 0.25) is 0 Å². The highest BCUT2D eigenvalue weighted by Crippen LogP contribution is 2.29. The van der Waals surface area contributed by atoms with Gasteiger partial charge in [-0.2, -0.15) is 9.41 Å². The standard InChI is InChI=1S/C23H26N4O4S2/c1-16-8-10-27(11-9-16)33(29,30)19-5-3-4-18(13-19)20-15-32-23(25-20)26-24-14-17-6-7-21(28)22(12-17)31-2/h3-7,12-16,28H,8-11H2,1-2H3,(H,25,26)/b24-14+. The van der Waals surface area contributed by atoms with Crippen molar-refractivity contribution >= 4 is 32.7 Å². The predicted octanol–water partition coefficient (Wildman–Crippen LogP) is 4.39. The number of anilines is 1. The van der Waals surface area contributed by atoms with Gasteiger partial charge in [0.15, 0.2) is 11.5 Å². The molecule has 0 atom stereocenters. The fourth-order valence-electron chi connectivity index (χ4n) is 3.58. The Morgan fingerprint density at radius 2 is 2.03 bits per heavy atom. The Balaban J connectivity index is 1.46. The van der Waals surface area contributed by atoms with E-state index in [4.69, 9.17) is 4.74 Å². The van der Waals surface area contributed by atoms with Gasteiger partial charge in [0.2, 0.25) is 15.2 Å². The molecule has 1 aliphatic rings. The van der Waals surface area contributed by atoms with E-state index in [0.717, 1.165) is 24.0 Å². The fraction of sp³-hybridized carbons (Fsp3) is 0.304. The molecule has 2 N–H and O–H groups in total. The second-order valence-corrected chi connectivity index (χ2v) is 10.7. The molecule has 1 aromatic heterocycles. The van der Waals surface area contributed by atoms with Crippen molar-refractivity contribution in [3.63, 3.8) is 0 Å². The van der Waals surface area contributed by atoms with Gasteiger partial charge < -0.3 is 9.84 Å². The van der Waals surface area contributed by atoms with Crippen LogP contribution in [0.5, 0.6) is 11.5 Å². The summed E-state index contributed by atoms with van der Waals surface area (Å²) in [6, 6.07) is 11.8. The first kappa shape index (κ1) is 23.2. The number of piperidine rings is 1. The van der Waals surface area contributed by atoms with Gasteiger partial charge in [-0.1, -0.05) is 19.1 Å². The molecule has 2 aromatic carbocycles. The number of hydrogen-bond donors (Lipinski definition) is 2. The molecule has 0 saturated carbocycles. The number of aromatic hydroxyl groups is 1. The minimum atomic E-state index is -3.52. The molecule has 8 nitrogen and oxygen atoms in total. The lowest BCUT2D eigenvalue weighted by Gasteiger charge is -2.29. The Morgan fingerprint density at radius 3 is 2.79 bits per heavy atom. The Bertz CT molecular complexity index is 1250. The minimum absolute atomic E-state index is 0.0614. The molecule has 0 bridgehead atoms. The molecule has 0 radical (unpaired) electrons. The van der Waals surface area contributed by atoms with Crippen LogP contribution in [-0.2, 0) is 10.0 Å². The number of benzene rings is 2. The zero-order valence-corrected chi connectivity index (χ0v) is 20.1. The van der Waals surface area contributed by atoms with Gasteiger partial charge in [-0.3, -0.25) is 5.43 Å². The normalized spacial score (nSPS) is 15.7. The maximum Gasteiger partial charge on any atom is 0.243 e. The van der Waals surface area contributed by atoms with E-state index in [1.54, 1.807) is 40.9 Å². The zero-order valence-electron chi connectivity index (χ0n) is 18.4. The van der Waals surface area contributed by atoms with Crippen molar-refractivity contribution in [2.75, 3.05) is 25.6 Å². The number of aromatic nitrogens is 1. The number of phenols is 1. The maximum absolute atomic E-state index is 13.1. The Hall–Kier alpha value is -2.95. The average Bonchev–Trinajstić information content (AvgIpc) is 3.29. The Kier molecular flexibility index (Phi) is 6.96. The summed E-state index contributed by atoms with van der Waals surface area (Å²) in [4.78, 5) is 4.81. The summed E-state index contributed by atoms with van der Waals surface area (Å²) in [7, 11) is -2.04. The predicted molar refractivity (Wildman–Crippen MR) is 131 cm³/mol. The van der Waals surface area contributed by atoms with Crippen LogP contribution in [0.15, 0.2) is 57.8 Å². The van der Waals surface area contributed by atoms with Crippen LogP contribution in [0.25, 0.3) is 11.3 Å². The van der Waals surface area contributed by atoms with Crippen molar-refractivity contribution in [1.29, 1.82) is 0 Å². The number of nitrogens with zero attached hydrogens (tertiary/aromatic N) is 3. The molecule has 1 saturated heterocycles. The zero-order chi connectivity index (χ0) is 23.4. The highest BCUT2D eigenvalue weighted by atomic mass is 32.2. The van der Waals surface area contributed by atoms with E-state index in [9.17, 15) is 13.5 Å². The largest absolute Gasteiger partial charge is 0.504 e. The molecule has 3 aromatic rings. The number of methoxy groups -OCH3 is 1. The van der Waals surface area contributed by atoms with Gasteiger partial charge in [0.05, 0.1) is 23.9 Å². The van der Waals surface area contributed by atoms with E-state index in [0.29, 0.717) is 35.6 Å². The number of nitrogens with one attached hydrogen (secondary N) is 1. The third kappa shape index (κ3) is 5.35. The highest BCUT2D eigenvalue weighted by Gasteiger charge is 2.28. The number of hydrazone groups is 1. The van der Waals surface area contributed by atoms with Gasteiger partial charge in [-0.25, -0.2) is 13.4 Å². The molecule has 0 amide bonds. The van der Waals surface area contributed by atoms with E-state index >= 15 is 0 Å². The third-order valence-electron chi connectivity index (χ3n) is 5.59. The summed E-state index contributed by atoms with van der Waals surface area (Å²) in [6.45, 7) is 3.27. The number of thiazole rings is 1. The fourth-order valence-corrected chi connectivity index (χ4v) is 5.77. The summed E-state index contributed by atoms with van der Waals surface area (Å²) in [5.74, 6) is 0.984. The van der Waals surface area contributed by atoms with E-state index in [1.807, 2.05) is 11.4 Å². The number of hydrogen-bond acceptors (Lipinski definition) is 8. The monoisotopic (exact) mass is 486 g/mol. The Morgan fingerprint density at radius 1 is 1.24 bits per heavy atom. The average molecular weight is 487 g/mol. The molecule has 0 spiro atoms. The lowest BCUT2D eigenvalue weighted by Crippen LogP contribution is -2.37. The van der Waals surface area contributed by atoms with Crippen LogP contribution in [0.3, 0.4) is 0 Å². The molecule has 1 aliphatic heterocycles. The van der Waals surface area contributed by atoms with Crippen LogP contribution in [0.1, 0.15) is 25.3 Å². The third-order valence-corrected chi connectivity index (χ3v) is 8.23. The van der Waals surface area contributed by atoms with Gasteiger partial charge in [-0.15, -0.1) is 11.3 Å². The van der Waals surface area contributed by atoms with Crippen LogP contribution in [-0.4, -0.2) is 49.2 Å². The molecule has 33 heavy (non-hydrogen) atoms. The topological polar surface area (TPSA) is 104 Å².